The van der Waals surface area contributed by atoms with Gasteiger partial charge in [-0.15, -0.1) is 0 Å². The van der Waals surface area contributed by atoms with Gasteiger partial charge in [-0.3, -0.25) is 0 Å². The molecule has 0 aliphatic heterocycles. The van der Waals surface area contributed by atoms with Crippen LogP contribution in [0.1, 0.15) is 16.9 Å². The van der Waals surface area contributed by atoms with Crippen LogP contribution in [-0.4, -0.2) is 4.37 Å². The molecule has 0 amide bonds. The van der Waals surface area contributed by atoms with Crippen molar-refractivity contribution in [3.8, 4) is 11.1 Å². The lowest BCUT2D eigenvalue weighted by Crippen LogP contribution is -1.85. The van der Waals surface area contributed by atoms with Crippen LogP contribution in [0.2, 0.25) is 0 Å². The molecule has 3 rings (SSSR count). The van der Waals surface area contributed by atoms with Gasteiger partial charge in [-0.2, -0.15) is 0 Å². The first kappa shape index (κ1) is 8.18. The zero-order chi connectivity index (χ0) is 9.38. The van der Waals surface area contributed by atoms with E-state index >= 15 is 0 Å². The Bertz CT molecular complexity index is 459. The van der Waals surface area contributed by atoms with E-state index in [2.05, 4.69) is 28.6 Å². The van der Waals surface area contributed by atoms with E-state index in [9.17, 15) is 0 Å². The van der Waals surface area contributed by atoms with Crippen LogP contribution in [0.25, 0.3) is 11.1 Å². The highest BCUT2D eigenvalue weighted by atomic mass is 32.1. The minimum absolute atomic E-state index is 1.19. The number of rotatable bonds is 0. The number of aromatic nitrogens is 1. The third-order valence-electron chi connectivity index (χ3n) is 2.80. The molecule has 0 unspecified atom stereocenters. The largest absolute Gasteiger partial charge is 0.200 e. The van der Waals surface area contributed by atoms with Crippen LogP contribution < -0.4 is 0 Å². The van der Waals surface area contributed by atoms with E-state index in [-0.39, 0.29) is 0 Å². The second-order valence-electron chi connectivity index (χ2n) is 3.67. The lowest BCUT2D eigenvalue weighted by Gasteiger charge is -2.03. The number of aryl methyl sites for hydroxylation is 2. The van der Waals surface area contributed by atoms with Crippen LogP contribution in [0.4, 0.5) is 0 Å². The molecule has 0 spiro atoms. The minimum Gasteiger partial charge on any atom is -0.200 e. The van der Waals surface area contributed by atoms with E-state index in [1.165, 1.54) is 40.8 Å². The van der Waals surface area contributed by atoms with Gasteiger partial charge in [-0.1, -0.05) is 24.3 Å². The van der Waals surface area contributed by atoms with Gasteiger partial charge < -0.3 is 0 Å². The zero-order valence-electron chi connectivity index (χ0n) is 7.86. The number of hydrogen-bond acceptors (Lipinski definition) is 2. The third kappa shape index (κ3) is 1.18. The maximum absolute atomic E-state index is 4.29. The molecule has 0 radical (unpaired) electrons. The Morgan fingerprint density at radius 1 is 1.07 bits per heavy atom. The highest BCUT2D eigenvalue weighted by molar-refractivity contribution is 7.06. The van der Waals surface area contributed by atoms with Gasteiger partial charge in [0.2, 0.25) is 0 Å². The first-order valence-corrected chi connectivity index (χ1v) is 5.74. The average Bonchev–Trinajstić information content (AvgIpc) is 2.61. The molecule has 0 N–H and O–H groups in total. The molecule has 2 aromatic rings. The summed E-state index contributed by atoms with van der Waals surface area (Å²) in [5, 5.41) is 0. The molecule has 1 aromatic carbocycles. The van der Waals surface area contributed by atoms with Crippen molar-refractivity contribution >= 4 is 11.5 Å². The summed E-state index contributed by atoms with van der Waals surface area (Å²) in [6.45, 7) is 0. The summed E-state index contributed by atoms with van der Waals surface area (Å²) in [6.07, 6.45) is 5.67. The number of fused-ring (bicyclic) bond motifs is 3. The van der Waals surface area contributed by atoms with Gasteiger partial charge in [0.25, 0.3) is 0 Å². The van der Waals surface area contributed by atoms with E-state index in [0.29, 0.717) is 0 Å². The highest BCUT2D eigenvalue weighted by Gasteiger charge is 2.14. The second kappa shape index (κ2) is 3.21. The molecule has 0 bridgehead atoms. The third-order valence-corrected chi connectivity index (χ3v) is 3.66. The van der Waals surface area contributed by atoms with Crippen molar-refractivity contribution in [1.29, 1.82) is 0 Å². The molecule has 0 atom stereocenters. The fraction of sp³-hybridized carbons (Fsp3) is 0.250. The van der Waals surface area contributed by atoms with Crippen molar-refractivity contribution in [3.05, 3.63) is 40.9 Å². The number of hydrogen-bond donors (Lipinski definition) is 0. The van der Waals surface area contributed by atoms with Crippen molar-refractivity contribution < 1.29 is 0 Å². The normalized spacial score (nSPS) is 14.3. The maximum Gasteiger partial charge on any atom is 0.0488 e. The predicted molar refractivity (Wildman–Crippen MR) is 59.6 cm³/mol. The van der Waals surface area contributed by atoms with Gasteiger partial charge >= 0.3 is 0 Å². The van der Waals surface area contributed by atoms with Crippen LogP contribution in [0.5, 0.6) is 0 Å². The first-order chi connectivity index (χ1) is 6.95. The number of nitrogens with zero attached hydrogens (tertiary/aromatic N) is 1. The van der Waals surface area contributed by atoms with Crippen LogP contribution >= 0.6 is 11.5 Å². The van der Waals surface area contributed by atoms with E-state index in [1.807, 2.05) is 6.20 Å². The zero-order valence-corrected chi connectivity index (χ0v) is 8.68. The summed E-state index contributed by atoms with van der Waals surface area (Å²) >= 11 is 1.65. The molecule has 0 saturated heterocycles. The van der Waals surface area contributed by atoms with Gasteiger partial charge in [0.15, 0.2) is 0 Å². The van der Waals surface area contributed by atoms with Crippen LogP contribution in [0.3, 0.4) is 0 Å². The van der Waals surface area contributed by atoms with Crippen LogP contribution in [0.15, 0.2) is 30.5 Å². The molecular weight excluding hydrogens is 190 g/mol. The summed E-state index contributed by atoms with van der Waals surface area (Å²) < 4.78 is 4.29. The number of benzene rings is 1. The summed E-state index contributed by atoms with van der Waals surface area (Å²) in [5.74, 6) is 0. The molecule has 1 heterocycles. The molecule has 1 aliphatic carbocycles. The molecule has 14 heavy (non-hydrogen) atoms. The smallest absolute Gasteiger partial charge is 0.0488 e. The molecule has 2 heteroatoms. The quantitative estimate of drug-likeness (QED) is 0.637. The topological polar surface area (TPSA) is 12.9 Å². The van der Waals surface area contributed by atoms with E-state index in [0.717, 1.165) is 0 Å². The molecular formula is C12H11NS. The first-order valence-electron chi connectivity index (χ1n) is 4.97. The molecule has 1 aliphatic rings. The summed E-state index contributed by atoms with van der Waals surface area (Å²) in [7, 11) is 0. The van der Waals surface area contributed by atoms with Crippen molar-refractivity contribution in [2.45, 2.75) is 19.3 Å². The SMILES string of the molecule is c1ccc2c(c1)CCCc1sncc1-2. The Morgan fingerprint density at radius 2 is 2.00 bits per heavy atom. The predicted octanol–water partition coefficient (Wildman–Crippen LogP) is 3.30. The van der Waals surface area contributed by atoms with Crippen molar-refractivity contribution in [2.24, 2.45) is 0 Å². The van der Waals surface area contributed by atoms with Crippen LogP contribution in [-0.2, 0) is 12.8 Å². The Kier molecular flexibility index (Phi) is 1.88. The Labute approximate surface area is 87.6 Å². The fourth-order valence-corrected chi connectivity index (χ4v) is 2.89. The van der Waals surface area contributed by atoms with Crippen molar-refractivity contribution in [3.63, 3.8) is 0 Å². The van der Waals surface area contributed by atoms with E-state index in [1.54, 1.807) is 11.5 Å². The lowest BCUT2D eigenvalue weighted by atomic mass is 10.0. The van der Waals surface area contributed by atoms with Gasteiger partial charge in [-0.25, -0.2) is 4.37 Å². The summed E-state index contributed by atoms with van der Waals surface area (Å²) in [5.41, 5.74) is 4.24. The molecule has 70 valence electrons. The van der Waals surface area contributed by atoms with Gasteiger partial charge in [-0.05, 0) is 41.9 Å². The Morgan fingerprint density at radius 3 is 3.00 bits per heavy atom. The summed E-state index contributed by atoms with van der Waals surface area (Å²) in [6, 6.07) is 8.70. The molecule has 1 nitrogen and oxygen atoms in total. The van der Waals surface area contributed by atoms with Crippen LogP contribution in [0, 0.1) is 0 Å². The molecule has 0 fully saturated rings. The fourth-order valence-electron chi connectivity index (χ4n) is 2.10. The molecule has 1 aromatic heterocycles. The monoisotopic (exact) mass is 201 g/mol. The second-order valence-corrected chi connectivity index (χ2v) is 4.56. The summed E-state index contributed by atoms with van der Waals surface area (Å²) in [4.78, 5) is 1.45. The lowest BCUT2D eigenvalue weighted by molar-refractivity contribution is 0.844. The van der Waals surface area contributed by atoms with E-state index in [4.69, 9.17) is 0 Å². The maximum atomic E-state index is 4.29. The minimum atomic E-state index is 1.19. The van der Waals surface area contributed by atoms with Crippen molar-refractivity contribution in [2.75, 3.05) is 0 Å². The van der Waals surface area contributed by atoms with Gasteiger partial charge in [0.05, 0.1) is 0 Å². The standard InChI is InChI=1S/C12H11NS/c1-2-6-10-9(4-1)5-3-7-12-11(10)8-13-14-12/h1-2,4,6,8H,3,5,7H2. The Hall–Kier alpha value is -1.15. The van der Waals surface area contributed by atoms with Crippen molar-refractivity contribution in [1.82, 2.24) is 4.37 Å². The molecule has 0 saturated carbocycles. The highest BCUT2D eigenvalue weighted by Crippen LogP contribution is 2.33. The van der Waals surface area contributed by atoms with E-state index < -0.39 is 0 Å². The van der Waals surface area contributed by atoms with Gasteiger partial charge in [0, 0.05) is 16.6 Å². The Balaban J connectivity index is 2.27. The van der Waals surface area contributed by atoms with Gasteiger partial charge in [0.1, 0.15) is 0 Å². The average molecular weight is 201 g/mol.